The van der Waals surface area contributed by atoms with Crippen molar-refractivity contribution in [2.24, 2.45) is 0 Å². The Morgan fingerprint density at radius 2 is 2.12 bits per heavy atom. The zero-order valence-electron chi connectivity index (χ0n) is 8.48. The summed E-state index contributed by atoms with van der Waals surface area (Å²) in [6.07, 6.45) is 5.88. The molecule has 0 saturated heterocycles. The topological polar surface area (TPSA) is 62.2 Å². The molecule has 0 fully saturated rings. The van der Waals surface area contributed by atoms with Crippen molar-refractivity contribution in [3.8, 4) is 0 Å². The molecule has 0 spiro atoms. The van der Waals surface area contributed by atoms with Crippen LogP contribution in [0.15, 0.2) is 24.3 Å². The standard InChI is InChI=1S/C11H11ClN2O2/c12-9-6-5-8(11(15)16)10(14-9)13-7-3-1-2-4-7/h1-2,5-7H,3-4H2,(H,13,14)(H,15,16). The van der Waals surface area contributed by atoms with Crippen LogP contribution >= 0.6 is 11.6 Å². The number of carbonyl (C=O) groups is 1. The second-order valence-corrected chi connectivity index (χ2v) is 4.01. The van der Waals surface area contributed by atoms with Gasteiger partial charge in [-0.25, -0.2) is 9.78 Å². The highest BCUT2D eigenvalue weighted by Crippen LogP contribution is 2.21. The van der Waals surface area contributed by atoms with Gasteiger partial charge in [0.2, 0.25) is 0 Å². The first-order chi connectivity index (χ1) is 7.66. The first kappa shape index (κ1) is 11.0. The van der Waals surface area contributed by atoms with Crippen molar-refractivity contribution in [3.05, 3.63) is 35.0 Å². The average Bonchev–Trinajstić information content (AvgIpc) is 2.70. The maximum atomic E-state index is 11.0. The Balaban J connectivity index is 2.23. The van der Waals surface area contributed by atoms with Crippen molar-refractivity contribution in [1.29, 1.82) is 0 Å². The van der Waals surface area contributed by atoms with Crippen LogP contribution in [0.4, 0.5) is 5.82 Å². The van der Waals surface area contributed by atoms with E-state index < -0.39 is 5.97 Å². The Bertz CT molecular complexity index is 438. The van der Waals surface area contributed by atoms with Gasteiger partial charge in [-0.05, 0) is 25.0 Å². The van der Waals surface area contributed by atoms with Crippen molar-refractivity contribution < 1.29 is 9.90 Å². The van der Waals surface area contributed by atoms with Crippen LogP contribution in [-0.2, 0) is 0 Å². The highest BCUT2D eigenvalue weighted by molar-refractivity contribution is 6.29. The van der Waals surface area contributed by atoms with Crippen molar-refractivity contribution in [1.82, 2.24) is 4.98 Å². The molecule has 1 aliphatic carbocycles. The Morgan fingerprint density at radius 1 is 1.44 bits per heavy atom. The van der Waals surface area contributed by atoms with Crippen molar-refractivity contribution in [2.45, 2.75) is 18.9 Å². The molecule has 0 radical (unpaired) electrons. The number of aromatic carboxylic acids is 1. The van der Waals surface area contributed by atoms with E-state index in [1.165, 1.54) is 12.1 Å². The van der Waals surface area contributed by atoms with E-state index >= 15 is 0 Å². The van der Waals surface area contributed by atoms with Gasteiger partial charge < -0.3 is 10.4 Å². The SMILES string of the molecule is O=C(O)c1ccc(Cl)nc1NC1CC=CC1. The number of aromatic nitrogens is 1. The quantitative estimate of drug-likeness (QED) is 0.628. The molecule has 1 aliphatic rings. The highest BCUT2D eigenvalue weighted by atomic mass is 35.5. The number of hydrogen-bond donors (Lipinski definition) is 2. The summed E-state index contributed by atoms with van der Waals surface area (Å²) >= 11 is 5.75. The molecule has 2 N–H and O–H groups in total. The molecule has 4 nitrogen and oxygen atoms in total. The molecule has 84 valence electrons. The van der Waals surface area contributed by atoms with Gasteiger partial charge in [-0.3, -0.25) is 0 Å². The third-order valence-electron chi connectivity index (χ3n) is 2.44. The van der Waals surface area contributed by atoms with Gasteiger partial charge in [-0.1, -0.05) is 23.8 Å². The molecule has 0 aromatic carbocycles. The van der Waals surface area contributed by atoms with Crippen LogP contribution < -0.4 is 5.32 Å². The highest BCUT2D eigenvalue weighted by Gasteiger charge is 2.16. The smallest absolute Gasteiger partial charge is 0.339 e. The zero-order valence-corrected chi connectivity index (χ0v) is 9.24. The molecule has 0 unspecified atom stereocenters. The van der Waals surface area contributed by atoms with Gasteiger partial charge >= 0.3 is 5.97 Å². The molecule has 0 bridgehead atoms. The second kappa shape index (κ2) is 4.53. The van der Waals surface area contributed by atoms with E-state index in [1.807, 2.05) is 0 Å². The molecule has 1 aromatic heterocycles. The molecule has 2 rings (SSSR count). The second-order valence-electron chi connectivity index (χ2n) is 3.62. The van der Waals surface area contributed by atoms with Gasteiger partial charge in [0.15, 0.2) is 0 Å². The Kier molecular flexibility index (Phi) is 3.10. The predicted octanol–water partition coefficient (Wildman–Crippen LogP) is 2.56. The van der Waals surface area contributed by atoms with Gasteiger partial charge in [0.25, 0.3) is 0 Å². The van der Waals surface area contributed by atoms with Crippen LogP contribution in [0.1, 0.15) is 23.2 Å². The minimum absolute atomic E-state index is 0.149. The van der Waals surface area contributed by atoms with E-state index in [2.05, 4.69) is 22.5 Å². The monoisotopic (exact) mass is 238 g/mol. The predicted molar refractivity (Wildman–Crippen MR) is 62.0 cm³/mol. The van der Waals surface area contributed by atoms with Crippen LogP contribution in [0.25, 0.3) is 0 Å². The van der Waals surface area contributed by atoms with E-state index in [-0.39, 0.29) is 11.6 Å². The number of carboxylic acids is 1. The summed E-state index contributed by atoms with van der Waals surface area (Å²) in [5.41, 5.74) is 0.149. The first-order valence-corrected chi connectivity index (χ1v) is 5.36. The summed E-state index contributed by atoms with van der Waals surface area (Å²) in [6.45, 7) is 0. The minimum atomic E-state index is -1.00. The van der Waals surface area contributed by atoms with Crippen molar-refractivity contribution in [2.75, 3.05) is 5.32 Å². The van der Waals surface area contributed by atoms with Crippen LogP contribution in [0.3, 0.4) is 0 Å². The maximum absolute atomic E-state index is 11.0. The number of rotatable bonds is 3. The summed E-state index contributed by atoms with van der Waals surface area (Å²) in [7, 11) is 0. The largest absolute Gasteiger partial charge is 0.478 e. The lowest BCUT2D eigenvalue weighted by Crippen LogP contribution is -2.18. The van der Waals surface area contributed by atoms with Crippen LogP contribution in [0.5, 0.6) is 0 Å². The lowest BCUT2D eigenvalue weighted by molar-refractivity contribution is 0.0697. The van der Waals surface area contributed by atoms with Gasteiger partial charge in [-0.2, -0.15) is 0 Å². The zero-order chi connectivity index (χ0) is 11.5. The summed E-state index contributed by atoms with van der Waals surface area (Å²) in [5.74, 6) is -0.661. The Hall–Kier alpha value is -1.55. The van der Waals surface area contributed by atoms with Crippen molar-refractivity contribution in [3.63, 3.8) is 0 Å². The van der Waals surface area contributed by atoms with E-state index in [4.69, 9.17) is 16.7 Å². The molecular weight excluding hydrogens is 228 g/mol. The average molecular weight is 239 g/mol. The first-order valence-electron chi connectivity index (χ1n) is 4.98. The van der Waals surface area contributed by atoms with Gasteiger partial charge in [0, 0.05) is 6.04 Å². The number of nitrogens with zero attached hydrogens (tertiary/aromatic N) is 1. The molecule has 0 saturated carbocycles. The summed E-state index contributed by atoms with van der Waals surface area (Å²) in [5, 5.41) is 12.4. The third kappa shape index (κ3) is 2.33. The number of hydrogen-bond acceptors (Lipinski definition) is 3. The maximum Gasteiger partial charge on any atom is 0.339 e. The normalized spacial score (nSPS) is 15.3. The van der Waals surface area contributed by atoms with Gasteiger partial charge in [-0.15, -0.1) is 0 Å². The lowest BCUT2D eigenvalue weighted by atomic mass is 10.2. The fraction of sp³-hybridized carbons (Fsp3) is 0.273. The number of carboxylic acid groups (broad SMARTS) is 1. The van der Waals surface area contributed by atoms with Gasteiger partial charge in [0.1, 0.15) is 16.5 Å². The Labute approximate surface area is 98.0 Å². The number of anilines is 1. The van der Waals surface area contributed by atoms with E-state index in [0.29, 0.717) is 11.0 Å². The molecule has 16 heavy (non-hydrogen) atoms. The van der Waals surface area contributed by atoms with Crippen LogP contribution in [-0.4, -0.2) is 22.1 Å². The summed E-state index contributed by atoms with van der Waals surface area (Å²) in [4.78, 5) is 15.0. The minimum Gasteiger partial charge on any atom is -0.478 e. The molecule has 0 aliphatic heterocycles. The number of halogens is 1. The molecule has 1 heterocycles. The third-order valence-corrected chi connectivity index (χ3v) is 2.65. The van der Waals surface area contributed by atoms with Crippen LogP contribution in [0, 0.1) is 0 Å². The molecular formula is C11H11ClN2O2. The summed E-state index contributed by atoms with van der Waals surface area (Å²) < 4.78 is 0. The number of nitrogens with one attached hydrogen (secondary N) is 1. The van der Waals surface area contributed by atoms with E-state index in [1.54, 1.807) is 0 Å². The number of pyridine rings is 1. The molecule has 1 aromatic rings. The van der Waals surface area contributed by atoms with E-state index in [9.17, 15) is 4.79 Å². The molecule has 0 atom stereocenters. The van der Waals surface area contributed by atoms with Gasteiger partial charge in [0.05, 0.1) is 0 Å². The van der Waals surface area contributed by atoms with E-state index in [0.717, 1.165) is 12.8 Å². The fourth-order valence-electron chi connectivity index (χ4n) is 1.65. The van der Waals surface area contributed by atoms with Crippen LogP contribution in [0.2, 0.25) is 5.15 Å². The fourth-order valence-corrected chi connectivity index (χ4v) is 1.79. The Morgan fingerprint density at radius 3 is 2.75 bits per heavy atom. The summed E-state index contributed by atoms with van der Waals surface area (Å²) in [6, 6.07) is 3.15. The van der Waals surface area contributed by atoms with Crippen molar-refractivity contribution >= 4 is 23.4 Å². The molecule has 5 heteroatoms. The lowest BCUT2D eigenvalue weighted by Gasteiger charge is -2.14. The molecule has 0 amide bonds.